The molecule has 2 rings (SSSR count). The van der Waals surface area contributed by atoms with Crippen LogP contribution in [-0.2, 0) is 11.3 Å². The van der Waals surface area contributed by atoms with Crippen LogP contribution in [0.25, 0.3) is 0 Å². The van der Waals surface area contributed by atoms with Crippen LogP contribution in [0, 0.1) is 0 Å². The van der Waals surface area contributed by atoms with Gasteiger partial charge in [-0.25, -0.2) is 9.48 Å². The van der Waals surface area contributed by atoms with Crippen molar-refractivity contribution in [3.8, 4) is 5.75 Å². The Labute approximate surface area is 147 Å². The summed E-state index contributed by atoms with van der Waals surface area (Å²) in [6, 6.07) is 7.71. The van der Waals surface area contributed by atoms with E-state index in [2.05, 4.69) is 25.8 Å². The van der Waals surface area contributed by atoms with Crippen molar-refractivity contribution in [2.75, 3.05) is 24.7 Å². The van der Waals surface area contributed by atoms with Crippen molar-refractivity contribution in [2.45, 2.75) is 13.5 Å². The Balaban J connectivity index is 2.32. The van der Waals surface area contributed by atoms with Crippen LogP contribution >= 0.6 is 27.9 Å². The predicted octanol–water partition coefficient (Wildman–Crippen LogP) is 3.57. The number of carbonyl (C=O) groups is 1. The molecule has 1 aromatic heterocycles. The number of anilines is 1. The van der Waals surface area contributed by atoms with Gasteiger partial charge in [0.2, 0.25) is 0 Å². The Morgan fingerprint density at radius 1 is 1.35 bits per heavy atom. The van der Waals surface area contributed by atoms with Gasteiger partial charge in [0.25, 0.3) is 0 Å². The normalized spacial score (nSPS) is 10.4. The van der Waals surface area contributed by atoms with Gasteiger partial charge in [-0.15, -0.1) is 0 Å². The zero-order chi connectivity index (χ0) is 16.8. The Hall–Kier alpha value is -1.67. The molecule has 6 nitrogen and oxygen atoms in total. The van der Waals surface area contributed by atoms with Gasteiger partial charge in [-0.2, -0.15) is 5.10 Å². The SMILES string of the molecule is CCSNc1c(Br)c(C(=O)OC)nn1Cc1ccc(OC)cc1. The van der Waals surface area contributed by atoms with Gasteiger partial charge in [-0.1, -0.05) is 31.0 Å². The summed E-state index contributed by atoms with van der Waals surface area (Å²) >= 11 is 4.96. The molecule has 0 saturated carbocycles. The third-order valence-electron chi connectivity index (χ3n) is 3.08. The first kappa shape index (κ1) is 17.7. The molecule has 0 bridgehead atoms. The van der Waals surface area contributed by atoms with Gasteiger partial charge in [-0.05, 0) is 33.6 Å². The number of nitrogens with one attached hydrogen (secondary N) is 1. The monoisotopic (exact) mass is 399 g/mol. The maximum atomic E-state index is 11.8. The number of hydrogen-bond donors (Lipinski definition) is 1. The molecule has 0 atom stereocenters. The predicted molar refractivity (Wildman–Crippen MR) is 95.1 cm³/mol. The number of halogens is 1. The van der Waals surface area contributed by atoms with Crippen molar-refractivity contribution >= 4 is 39.7 Å². The number of ether oxygens (including phenoxy) is 2. The molecule has 0 unspecified atom stereocenters. The summed E-state index contributed by atoms with van der Waals surface area (Å²) < 4.78 is 15.5. The average Bonchev–Trinajstić information content (AvgIpc) is 2.88. The number of benzene rings is 1. The topological polar surface area (TPSA) is 65.4 Å². The lowest BCUT2D eigenvalue weighted by Crippen LogP contribution is -2.07. The molecule has 0 fully saturated rings. The van der Waals surface area contributed by atoms with Crippen LogP contribution < -0.4 is 9.46 Å². The molecule has 8 heteroatoms. The van der Waals surface area contributed by atoms with Crippen molar-refractivity contribution in [1.82, 2.24) is 9.78 Å². The van der Waals surface area contributed by atoms with E-state index in [1.54, 1.807) is 11.8 Å². The van der Waals surface area contributed by atoms with Crippen LogP contribution in [0.1, 0.15) is 23.0 Å². The molecular formula is C15H18BrN3O3S. The molecule has 124 valence electrons. The fourth-order valence-corrected chi connectivity index (χ4v) is 3.09. The smallest absolute Gasteiger partial charge is 0.359 e. The van der Waals surface area contributed by atoms with E-state index in [1.165, 1.54) is 19.1 Å². The molecule has 0 aliphatic rings. The zero-order valence-corrected chi connectivity index (χ0v) is 15.5. The molecule has 0 aliphatic carbocycles. The Bertz CT molecular complexity index is 673. The Morgan fingerprint density at radius 2 is 2.04 bits per heavy atom. The summed E-state index contributed by atoms with van der Waals surface area (Å²) in [5.41, 5.74) is 1.29. The zero-order valence-electron chi connectivity index (χ0n) is 13.1. The van der Waals surface area contributed by atoms with Gasteiger partial charge >= 0.3 is 5.97 Å². The number of esters is 1. The van der Waals surface area contributed by atoms with E-state index in [9.17, 15) is 4.79 Å². The summed E-state index contributed by atoms with van der Waals surface area (Å²) in [6.07, 6.45) is 0. The van der Waals surface area contributed by atoms with Crippen molar-refractivity contribution in [3.05, 3.63) is 40.0 Å². The molecule has 1 heterocycles. The van der Waals surface area contributed by atoms with Crippen LogP contribution in [0.5, 0.6) is 5.75 Å². The highest BCUT2D eigenvalue weighted by Crippen LogP contribution is 2.30. The number of methoxy groups -OCH3 is 2. The molecular weight excluding hydrogens is 382 g/mol. The Kier molecular flexibility index (Phi) is 6.35. The maximum absolute atomic E-state index is 11.8. The summed E-state index contributed by atoms with van der Waals surface area (Å²) in [4.78, 5) is 11.8. The maximum Gasteiger partial charge on any atom is 0.359 e. The summed E-state index contributed by atoms with van der Waals surface area (Å²) in [7, 11) is 2.97. The second kappa shape index (κ2) is 8.26. The highest BCUT2D eigenvalue weighted by atomic mass is 79.9. The van der Waals surface area contributed by atoms with Gasteiger partial charge in [0.15, 0.2) is 5.69 Å². The van der Waals surface area contributed by atoms with Crippen molar-refractivity contribution < 1.29 is 14.3 Å². The molecule has 1 aromatic carbocycles. The lowest BCUT2D eigenvalue weighted by molar-refractivity contribution is 0.0592. The molecule has 0 radical (unpaired) electrons. The first-order valence-electron chi connectivity index (χ1n) is 6.96. The van der Waals surface area contributed by atoms with Gasteiger partial charge in [-0.3, -0.25) is 0 Å². The number of nitrogens with zero attached hydrogens (tertiary/aromatic N) is 2. The number of rotatable bonds is 7. The van der Waals surface area contributed by atoms with Crippen LogP contribution in [0.3, 0.4) is 0 Å². The number of aromatic nitrogens is 2. The molecule has 1 N–H and O–H groups in total. The van der Waals surface area contributed by atoms with Crippen LogP contribution in [0.2, 0.25) is 0 Å². The van der Waals surface area contributed by atoms with Crippen molar-refractivity contribution in [3.63, 3.8) is 0 Å². The highest BCUT2D eigenvalue weighted by Gasteiger charge is 2.22. The average molecular weight is 400 g/mol. The standard InChI is InChI=1S/C15H18BrN3O3S/c1-4-23-18-14-12(16)13(15(20)22-3)17-19(14)9-10-5-7-11(21-2)8-6-10/h5-8,18H,4,9H2,1-3H3. The summed E-state index contributed by atoms with van der Waals surface area (Å²) in [6.45, 7) is 2.56. The summed E-state index contributed by atoms with van der Waals surface area (Å²) in [5.74, 6) is 1.93. The van der Waals surface area contributed by atoms with Crippen molar-refractivity contribution in [2.24, 2.45) is 0 Å². The van der Waals surface area contributed by atoms with Crippen LogP contribution in [-0.4, -0.2) is 35.7 Å². The first-order chi connectivity index (χ1) is 11.1. The fourth-order valence-electron chi connectivity index (χ4n) is 1.92. The quantitative estimate of drug-likeness (QED) is 0.566. The third-order valence-corrected chi connectivity index (χ3v) is 4.46. The van der Waals surface area contributed by atoms with Crippen LogP contribution in [0.4, 0.5) is 5.82 Å². The minimum absolute atomic E-state index is 0.250. The first-order valence-corrected chi connectivity index (χ1v) is 8.73. The molecule has 23 heavy (non-hydrogen) atoms. The minimum Gasteiger partial charge on any atom is -0.497 e. The number of hydrogen-bond acceptors (Lipinski definition) is 6. The largest absolute Gasteiger partial charge is 0.497 e. The second-order valence-electron chi connectivity index (χ2n) is 4.54. The molecule has 0 aliphatic heterocycles. The van der Waals surface area contributed by atoms with Gasteiger partial charge < -0.3 is 14.2 Å². The van der Waals surface area contributed by atoms with E-state index in [-0.39, 0.29) is 5.69 Å². The lowest BCUT2D eigenvalue weighted by atomic mass is 10.2. The highest BCUT2D eigenvalue weighted by molar-refractivity contribution is 9.10. The van der Waals surface area contributed by atoms with E-state index in [0.717, 1.165) is 22.9 Å². The second-order valence-corrected chi connectivity index (χ2v) is 6.41. The minimum atomic E-state index is -0.477. The molecule has 2 aromatic rings. The lowest BCUT2D eigenvalue weighted by Gasteiger charge is -2.09. The van der Waals surface area contributed by atoms with Gasteiger partial charge in [0, 0.05) is 5.75 Å². The van der Waals surface area contributed by atoms with Crippen LogP contribution in [0.15, 0.2) is 28.7 Å². The molecule has 0 amide bonds. The Morgan fingerprint density at radius 3 is 2.61 bits per heavy atom. The van der Waals surface area contributed by atoms with E-state index in [1.807, 2.05) is 31.2 Å². The molecule has 0 saturated heterocycles. The van der Waals surface area contributed by atoms with E-state index in [0.29, 0.717) is 11.0 Å². The van der Waals surface area contributed by atoms with Gasteiger partial charge in [0.1, 0.15) is 11.6 Å². The number of carbonyl (C=O) groups excluding carboxylic acids is 1. The summed E-state index contributed by atoms with van der Waals surface area (Å²) in [5, 5.41) is 4.36. The van der Waals surface area contributed by atoms with E-state index >= 15 is 0 Å². The van der Waals surface area contributed by atoms with Gasteiger partial charge in [0.05, 0.1) is 25.2 Å². The van der Waals surface area contributed by atoms with Crippen molar-refractivity contribution in [1.29, 1.82) is 0 Å². The third kappa shape index (κ3) is 4.20. The van der Waals surface area contributed by atoms with E-state index in [4.69, 9.17) is 9.47 Å². The fraction of sp³-hybridized carbons (Fsp3) is 0.333. The van der Waals surface area contributed by atoms with E-state index < -0.39 is 5.97 Å². The molecule has 0 spiro atoms.